The molecule has 0 aliphatic carbocycles. The van der Waals surface area contributed by atoms with E-state index in [2.05, 4.69) is 33.8 Å². The van der Waals surface area contributed by atoms with Crippen LogP contribution in [0.4, 0.5) is 0 Å². The van der Waals surface area contributed by atoms with Crippen molar-refractivity contribution in [2.75, 3.05) is 0 Å². The van der Waals surface area contributed by atoms with Gasteiger partial charge >= 0.3 is 0 Å². The van der Waals surface area contributed by atoms with Gasteiger partial charge in [-0.05, 0) is 41.0 Å². The second kappa shape index (κ2) is 5.37. The molecular formula is C10H10INOS. The normalized spacial score (nSPS) is 11.8. The molecule has 0 saturated heterocycles. The van der Waals surface area contributed by atoms with Crippen molar-refractivity contribution in [1.29, 1.82) is 0 Å². The van der Waals surface area contributed by atoms with Gasteiger partial charge in [-0.25, -0.2) is 0 Å². The zero-order valence-electron chi connectivity index (χ0n) is 7.71. The molecule has 0 saturated carbocycles. The number of nitrogens with one attached hydrogen (secondary N) is 1. The number of amides is 1. The van der Waals surface area contributed by atoms with Crippen LogP contribution in [0.1, 0.15) is 23.0 Å². The van der Waals surface area contributed by atoms with E-state index in [4.69, 9.17) is 6.42 Å². The Hall–Kier alpha value is -0.540. The third-order valence-electron chi connectivity index (χ3n) is 1.62. The molecule has 1 N–H and O–H groups in total. The van der Waals surface area contributed by atoms with Gasteiger partial charge in [-0.1, -0.05) is 0 Å². The minimum absolute atomic E-state index is 0.0328. The molecule has 1 aromatic heterocycles. The number of carbonyl (C=O) groups is 1. The fraction of sp³-hybridized carbons (Fsp3) is 0.300. The van der Waals surface area contributed by atoms with Gasteiger partial charge in [0.1, 0.15) is 4.88 Å². The largest absolute Gasteiger partial charge is 0.348 e. The number of rotatable bonds is 3. The predicted octanol–water partition coefficient (Wildman–Crippen LogP) is 2.49. The molecule has 1 atom stereocenters. The minimum atomic E-state index is -0.0350. The zero-order chi connectivity index (χ0) is 10.6. The lowest BCUT2D eigenvalue weighted by atomic mass is 10.2. The van der Waals surface area contributed by atoms with Crippen LogP contribution in [0.3, 0.4) is 0 Å². The predicted molar refractivity (Wildman–Crippen MR) is 67.4 cm³/mol. The van der Waals surface area contributed by atoms with Crippen LogP contribution in [0.15, 0.2) is 11.4 Å². The molecule has 0 radical (unpaired) electrons. The van der Waals surface area contributed by atoms with Crippen LogP contribution in [0.25, 0.3) is 0 Å². The van der Waals surface area contributed by atoms with Gasteiger partial charge in [0.05, 0.1) is 0 Å². The average molecular weight is 319 g/mol. The Balaban J connectivity index is 2.60. The molecule has 1 unspecified atom stereocenters. The highest BCUT2D eigenvalue weighted by Crippen LogP contribution is 2.18. The van der Waals surface area contributed by atoms with E-state index < -0.39 is 0 Å². The molecule has 0 bridgehead atoms. The Labute approximate surface area is 101 Å². The zero-order valence-corrected chi connectivity index (χ0v) is 10.7. The quantitative estimate of drug-likeness (QED) is 0.673. The maximum atomic E-state index is 11.6. The maximum absolute atomic E-state index is 11.6. The molecular weight excluding hydrogens is 309 g/mol. The van der Waals surface area contributed by atoms with E-state index >= 15 is 0 Å². The van der Waals surface area contributed by atoms with Crippen molar-refractivity contribution in [2.45, 2.75) is 19.4 Å². The summed E-state index contributed by atoms with van der Waals surface area (Å²) in [6.07, 6.45) is 5.72. The summed E-state index contributed by atoms with van der Waals surface area (Å²) in [4.78, 5) is 12.4. The third kappa shape index (κ3) is 3.00. The second-order valence-electron chi connectivity index (χ2n) is 2.88. The molecule has 0 fully saturated rings. The van der Waals surface area contributed by atoms with E-state index in [-0.39, 0.29) is 11.9 Å². The van der Waals surface area contributed by atoms with Crippen molar-refractivity contribution >= 4 is 39.8 Å². The molecule has 0 aliphatic rings. The monoisotopic (exact) mass is 319 g/mol. The summed E-state index contributed by atoms with van der Waals surface area (Å²) in [7, 11) is 0. The van der Waals surface area contributed by atoms with E-state index in [0.29, 0.717) is 6.42 Å². The average Bonchev–Trinajstić information content (AvgIpc) is 2.51. The molecule has 14 heavy (non-hydrogen) atoms. The van der Waals surface area contributed by atoms with Crippen LogP contribution in [0, 0.1) is 15.9 Å². The summed E-state index contributed by atoms with van der Waals surface area (Å²) in [5.74, 6) is 2.48. The van der Waals surface area contributed by atoms with E-state index in [1.165, 1.54) is 11.3 Å². The van der Waals surface area contributed by atoms with Crippen molar-refractivity contribution in [3.63, 3.8) is 0 Å². The van der Waals surface area contributed by atoms with Crippen LogP contribution in [-0.2, 0) is 0 Å². The van der Waals surface area contributed by atoms with Crippen molar-refractivity contribution in [3.05, 3.63) is 19.9 Å². The molecule has 0 spiro atoms. The molecule has 4 heteroatoms. The van der Waals surface area contributed by atoms with Crippen LogP contribution >= 0.6 is 33.9 Å². The van der Waals surface area contributed by atoms with Gasteiger partial charge in [0.2, 0.25) is 0 Å². The van der Waals surface area contributed by atoms with Crippen LogP contribution in [0.2, 0.25) is 0 Å². The first-order valence-electron chi connectivity index (χ1n) is 4.12. The first-order valence-corrected chi connectivity index (χ1v) is 6.08. The highest BCUT2D eigenvalue weighted by molar-refractivity contribution is 14.1. The number of thiophene rings is 1. The first kappa shape index (κ1) is 11.5. The fourth-order valence-electron chi connectivity index (χ4n) is 0.973. The summed E-state index contributed by atoms with van der Waals surface area (Å²) >= 11 is 3.59. The molecule has 1 rings (SSSR count). The van der Waals surface area contributed by atoms with Gasteiger partial charge in [0.25, 0.3) is 5.91 Å². The van der Waals surface area contributed by atoms with Crippen molar-refractivity contribution < 1.29 is 4.79 Å². The summed E-state index contributed by atoms with van der Waals surface area (Å²) < 4.78 is 0.984. The molecule has 1 aromatic rings. The Kier molecular flexibility index (Phi) is 4.42. The Morgan fingerprint density at radius 1 is 1.86 bits per heavy atom. The Morgan fingerprint density at radius 2 is 2.57 bits per heavy atom. The molecule has 0 aromatic carbocycles. The van der Waals surface area contributed by atoms with Crippen molar-refractivity contribution in [1.82, 2.24) is 5.32 Å². The van der Waals surface area contributed by atoms with E-state index in [0.717, 1.165) is 8.45 Å². The SMILES string of the molecule is C#CCC(C)NC(=O)c1sccc1I. The fourth-order valence-corrected chi connectivity index (χ4v) is 2.71. The smallest absolute Gasteiger partial charge is 0.262 e. The molecule has 2 nitrogen and oxygen atoms in total. The number of hydrogen-bond acceptors (Lipinski definition) is 2. The van der Waals surface area contributed by atoms with E-state index in [1.54, 1.807) is 0 Å². The minimum Gasteiger partial charge on any atom is -0.348 e. The molecule has 1 heterocycles. The number of hydrogen-bond donors (Lipinski definition) is 1. The topological polar surface area (TPSA) is 29.1 Å². The first-order chi connectivity index (χ1) is 6.65. The highest BCUT2D eigenvalue weighted by atomic mass is 127. The van der Waals surface area contributed by atoms with Gasteiger partial charge in [-0.2, -0.15) is 0 Å². The lowest BCUT2D eigenvalue weighted by molar-refractivity contribution is 0.0944. The molecule has 1 amide bonds. The van der Waals surface area contributed by atoms with Gasteiger partial charge in [-0.3, -0.25) is 4.79 Å². The molecule has 0 aliphatic heterocycles. The number of carbonyl (C=O) groups excluding carboxylic acids is 1. The van der Waals surface area contributed by atoms with Crippen molar-refractivity contribution in [3.8, 4) is 12.3 Å². The standard InChI is InChI=1S/C10H10INOS/c1-3-4-7(2)12-10(13)9-8(11)5-6-14-9/h1,5-7H,4H2,2H3,(H,12,13). The van der Waals surface area contributed by atoms with Gasteiger partial charge in [0, 0.05) is 16.0 Å². The van der Waals surface area contributed by atoms with E-state index in [1.807, 2.05) is 18.4 Å². The third-order valence-corrected chi connectivity index (χ3v) is 3.80. The summed E-state index contributed by atoms with van der Waals surface area (Å²) in [5.41, 5.74) is 0. The van der Waals surface area contributed by atoms with Gasteiger partial charge in [0.15, 0.2) is 0 Å². The maximum Gasteiger partial charge on any atom is 0.262 e. The Morgan fingerprint density at radius 3 is 3.07 bits per heavy atom. The van der Waals surface area contributed by atoms with Crippen LogP contribution in [0.5, 0.6) is 0 Å². The second-order valence-corrected chi connectivity index (χ2v) is 4.96. The molecule has 74 valence electrons. The lowest BCUT2D eigenvalue weighted by Gasteiger charge is -2.09. The Bertz CT molecular complexity index is 366. The summed E-state index contributed by atoms with van der Waals surface area (Å²) in [6, 6.07) is 1.96. The van der Waals surface area contributed by atoms with Crippen molar-refractivity contribution in [2.24, 2.45) is 0 Å². The summed E-state index contributed by atoms with van der Waals surface area (Å²) in [5, 5.41) is 4.75. The summed E-state index contributed by atoms with van der Waals surface area (Å²) in [6.45, 7) is 1.90. The van der Waals surface area contributed by atoms with Crippen LogP contribution in [-0.4, -0.2) is 11.9 Å². The van der Waals surface area contributed by atoms with Crippen LogP contribution < -0.4 is 5.32 Å². The van der Waals surface area contributed by atoms with Gasteiger partial charge in [-0.15, -0.1) is 23.7 Å². The number of halogens is 1. The number of terminal acetylenes is 1. The lowest BCUT2D eigenvalue weighted by Crippen LogP contribution is -2.32. The highest BCUT2D eigenvalue weighted by Gasteiger charge is 2.12. The van der Waals surface area contributed by atoms with E-state index in [9.17, 15) is 4.79 Å². The van der Waals surface area contributed by atoms with Gasteiger partial charge < -0.3 is 5.32 Å².